The Labute approximate surface area is 139 Å². The molecule has 1 fully saturated rings. The van der Waals surface area contributed by atoms with Crippen LogP contribution in [-0.4, -0.2) is 64.1 Å². The molecule has 1 heterocycles. The Morgan fingerprint density at radius 1 is 1.09 bits per heavy atom. The SMILES string of the molecule is CCCCOc1cccc(OCCNCCN2CCOCC2)c1. The molecule has 5 nitrogen and oxygen atoms in total. The van der Waals surface area contributed by atoms with Crippen molar-refractivity contribution in [1.29, 1.82) is 0 Å². The minimum Gasteiger partial charge on any atom is -0.493 e. The van der Waals surface area contributed by atoms with Crippen molar-refractivity contribution in [1.82, 2.24) is 10.2 Å². The third kappa shape index (κ3) is 7.68. The lowest BCUT2D eigenvalue weighted by molar-refractivity contribution is 0.0383. The zero-order valence-corrected chi connectivity index (χ0v) is 14.3. The maximum atomic E-state index is 5.77. The van der Waals surface area contributed by atoms with Crippen molar-refractivity contribution in [3.63, 3.8) is 0 Å². The molecule has 1 aromatic carbocycles. The second-order valence-electron chi connectivity index (χ2n) is 5.73. The molecule has 0 aliphatic carbocycles. The van der Waals surface area contributed by atoms with Crippen molar-refractivity contribution in [3.05, 3.63) is 24.3 Å². The number of morpholine rings is 1. The number of ether oxygens (including phenoxy) is 3. The quantitative estimate of drug-likeness (QED) is 0.633. The summed E-state index contributed by atoms with van der Waals surface area (Å²) in [6, 6.07) is 7.88. The van der Waals surface area contributed by atoms with Gasteiger partial charge < -0.3 is 19.5 Å². The maximum Gasteiger partial charge on any atom is 0.123 e. The van der Waals surface area contributed by atoms with Crippen LogP contribution in [0.15, 0.2) is 24.3 Å². The number of unbranched alkanes of at least 4 members (excludes halogenated alkanes) is 1. The van der Waals surface area contributed by atoms with Gasteiger partial charge in [0.15, 0.2) is 0 Å². The molecule has 0 aromatic heterocycles. The average molecular weight is 322 g/mol. The minimum absolute atomic E-state index is 0.668. The summed E-state index contributed by atoms with van der Waals surface area (Å²) in [5.41, 5.74) is 0. The van der Waals surface area contributed by atoms with E-state index in [0.717, 1.165) is 76.9 Å². The van der Waals surface area contributed by atoms with Gasteiger partial charge in [-0.1, -0.05) is 19.4 Å². The van der Waals surface area contributed by atoms with E-state index in [0.29, 0.717) is 6.61 Å². The van der Waals surface area contributed by atoms with Gasteiger partial charge in [0.2, 0.25) is 0 Å². The van der Waals surface area contributed by atoms with Gasteiger partial charge in [-0.2, -0.15) is 0 Å². The van der Waals surface area contributed by atoms with Gasteiger partial charge in [-0.3, -0.25) is 4.90 Å². The molecule has 1 aliphatic rings. The van der Waals surface area contributed by atoms with Crippen LogP contribution in [0, 0.1) is 0 Å². The normalized spacial score (nSPS) is 15.5. The fraction of sp³-hybridized carbons (Fsp3) is 0.667. The largest absolute Gasteiger partial charge is 0.493 e. The molecule has 23 heavy (non-hydrogen) atoms. The zero-order valence-electron chi connectivity index (χ0n) is 14.3. The van der Waals surface area contributed by atoms with Crippen LogP contribution in [0.4, 0.5) is 0 Å². The summed E-state index contributed by atoms with van der Waals surface area (Å²) < 4.78 is 16.8. The molecule has 0 saturated carbocycles. The molecule has 0 spiro atoms. The second-order valence-corrected chi connectivity index (χ2v) is 5.73. The summed E-state index contributed by atoms with van der Waals surface area (Å²) in [5, 5.41) is 3.42. The maximum absolute atomic E-state index is 5.77. The van der Waals surface area contributed by atoms with E-state index < -0.39 is 0 Å². The first kappa shape index (κ1) is 18.0. The van der Waals surface area contributed by atoms with Gasteiger partial charge in [0.25, 0.3) is 0 Å². The Hall–Kier alpha value is -1.30. The summed E-state index contributed by atoms with van der Waals surface area (Å²) in [6.45, 7) is 10.3. The third-order valence-corrected chi connectivity index (χ3v) is 3.83. The predicted molar refractivity (Wildman–Crippen MR) is 92.5 cm³/mol. The third-order valence-electron chi connectivity index (χ3n) is 3.83. The number of hydrogen-bond acceptors (Lipinski definition) is 5. The number of hydrogen-bond donors (Lipinski definition) is 1. The highest BCUT2D eigenvalue weighted by Crippen LogP contribution is 2.19. The Morgan fingerprint density at radius 2 is 1.83 bits per heavy atom. The van der Waals surface area contributed by atoms with E-state index in [-0.39, 0.29) is 0 Å². The number of nitrogens with one attached hydrogen (secondary N) is 1. The van der Waals surface area contributed by atoms with E-state index in [1.807, 2.05) is 24.3 Å². The molecule has 5 heteroatoms. The van der Waals surface area contributed by atoms with Gasteiger partial charge in [0.1, 0.15) is 18.1 Å². The molecule has 1 aromatic rings. The van der Waals surface area contributed by atoms with Crippen molar-refractivity contribution >= 4 is 0 Å². The average Bonchev–Trinajstić information content (AvgIpc) is 2.59. The first-order valence-corrected chi connectivity index (χ1v) is 8.75. The highest BCUT2D eigenvalue weighted by atomic mass is 16.5. The predicted octanol–water partition coefficient (Wildman–Crippen LogP) is 2.17. The number of benzene rings is 1. The molecule has 1 N–H and O–H groups in total. The van der Waals surface area contributed by atoms with Crippen LogP contribution in [0.5, 0.6) is 11.5 Å². The molecular weight excluding hydrogens is 292 g/mol. The van der Waals surface area contributed by atoms with Crippen molar-refractivity contribution in [2.75, 3.05) is 59.2 Å². The lowest BCUT2D eigenvalue weighted by atomic mass is 10.3. The molecule has 0 bridgehead atoms. The molecular formula is C18H30N2O3. The first-order chi connectivity index (χ1) is 11.4. The first-order valence-electron chi connectivity index (χ1n) is 8.75. The molecule has 0 unspecified atom stereocenters. The minimum atomic E-state index is 0.668. The molecule has 1 aliphatic heterocycles. The second kappa shape index (κ2) is 11.3. The summed E-state index contributed by atoms with van der Waals surface area (Å²) in [7, 11) is 0. The molecule has 0 amide bonds. The van der Waals surface area contributed by atoms with Crippen molar-refractivity contribution < 1.29 is 14.2 Å². The lowest BCUT2D eigenvalue weighted by Gasteiger charge is -2.26. The zero-order chi connectivity index (χ0) is 16.2. The van der Waals surface area contributed by atoms with Crippen LogP contribution < -0.4 is 14.8 Å². The Balaban J connectivity index is 1.54. The van der Waals surface area contributed by atoms with Crippen LogP contribution in [0.25, 0.3) is 0 Å². The molecule has 0 radical (unpaired) electrons. The molecule has 0 atom stereocenters. The van der Waals surface area contributed by atoms with E-state index in [2.05, 4.69) is 17.1 Å². The van der Waals surface area contributed by atoms with Crippen molar-refractivity contribution in [2.24, 2.45) is 0 Å². The van der Waals surface area contributed by atoms with Crippen LogP contribution >= 0.6 is 0 Å². The fourth-order valence-corrected chi connectivity index (χ4v) is 2.42. The van der Waals surface area contributed by atoms with Gasteiger partial charge in [0.05, 0.1) is 19.8 Å². The van der Waals surface area contributed by atoms with Gasteiger partial charge >= 0.3 is 0 Å². The number of rotatable bonds is 11. The Bertz CT molecular complexity index is 422. The van der Waals surface area contributed by atoms with Crippen molar-refractivity contribution in [3.8, 4) is 11.5 Å². The van der Waals surface area contributed by atoms with Crippen LogP contribution in [-0.2, 0) is 4.74 Å². The summed E-state index contributed by atoms with van der Waals surface area (Å²) in [5.74, 6) is 1.75. The van der Waals surface area contributed by atoms with Crippen molar-refractivity contribution in [2.45, 2.75) is 19.8 Å². The van der Waals surface area contributed by atoms with Gasteiger partial charge in [-0.15, -0.1) is 0 Å². The number of nitrogens with zero attached hydrogens (tertiary/aromatic N) is 1. The highest BCUT2D eigenvalue weighted by molar-refractivity contribution is 5.32. The highest BCUT2D eigenvalue weighted by Gasteiger charge is 2.08. The molecule has 1 saturated heterocycles. The van der Waals surface area contributed by atoms with E-state index in [1.165, 1.54) is 0 Å². The Kier molecular flexibility index (Phi) is 8.84. The summed E-state index contributed by atoms with van der Waals surface area (Å²) in [4.78, 5) is 2.43. The van der Waals surface area contributed by atoms with Crippen LogP contribution in [0.2, 0.25) is 0 Å². The van der Waals surface area contributed by atoms with E-state index in [4.69, 9.17) is 14.2 Å². The smallest absolute Gasteiger partial charge is 0.123 e. The van der Waals surface area contributed by atoms with E-state index in [1.54, 1.807) is 0 Å². The Morgan fingerprint density at radius 3 is 2.57 bits per heavy atom. The van der Waals surface area contributed by atoms with Gasteiger partial charge in [-0.25, -0.2) is 0 Å². The molecule has 130 valence electrons. The molecule has 2 rings (SSSR count). The van der Waals surface area contributed by atoms with Crippen LogP contribution in [0.3, 0.4) is 0 Å². The standard InChI is InChI=1S/C18H30N2O3/c1-2-3-12-22-17-5-4-6-18(16-17)23-13-8-19-7-9-20-10-14-21-15-11-20/h4-6,16,19H,2-3,7-15H2,1H3. The van der Waals surface area contributed by atoms with E-state index in [9.17, 15) is 0 Å². The van der Waals surface area contributed by atoms with Gasteiger partial charge in [0, 0.05) is 38.8 Å². The fourth-order valence-electron chi connectivity index (χ4n) is 2.42. The van der Waals surface area contributed by atoms with Crippen LogP contribution in [0.1, 0.15) is 19.8 Å². The monoisotopic (exact) mass is 322 g/mol. The van der Waals surface area contributed by atoms with E-state index >= 15 is 0 Å². The van der Waals surface area contributed by atoms with Gasteiger partial charge in [-0.05, 0) is 18.6 Å². The lowest BCUT2D eigenvalue weighted by Crippen LogP contribution is -2.40. The summed E-state index contributed by atoms with van der Waals surface area (Å²) >= 11 is 0. The topological polar surface area (TPSA) is 43.0 Å². The summed E-state index contributed by atoms with van der Waals surface area (Å²) in [6.07, 6.45) is 2.23.